The van der Waals surface area contributed by atoms with Crippen LogP contribution in [-0.4, -0.2) is 78.5 Å². The fraction of sp³-hybridized carbons (Fsp3) is 0.500. The Balaban J connectivity index is 1.82. The van der Waals surface area contributed by atoms with Crippen LogP contribution in [0.15, 0.2) is 23.0 Å². The van der Waals surface area contributed by atoms with Gasteiger partial charge in [0.15, 0.2) is 23.7 Å². The normalized spacial score (nSPS) is 27.2. The summed E-state index contributed by atoms with van der Waals surface area (Å²) < 4.78 is 9.12. The summed E-state index contributed by atoms with van der Waals surface area (Å²) in [6.07, 6.45) is -5.53. The highest BCUT2D eigenvalue weighted by atomic mass is 32.2. The number of carbonyl (C=O) groups excluding carboxylic acids is 2. The Morgan fingerprint density at radius 2 is 1.17 bits per heavy atom. The van der Waals surface area contributed by atoms with Crippen LogP contribution >= 0.6 is 11.8 Å². The Morgan fingerprint density at radius 1 is 0.826 bits per heavy atom. The highest BCUT2D eigenvalue weighted by molar-refractivity contribution is 7.99. The highest BCUT2D eigenvalue weighted by Crippen LogP contribution is 2.26. The first-order valence-electron chi connectivity index (χ1n) is 6.34. The number of aliphatic hydroxyl groups excluding tert-OH is 6. The van der Waals surface area contributed by atoms with Gasteiger partial charge in [0.1, 0.15) is 12.2 Å². The van der Waals surface area contributed by atoms with Crippen LogP contribution in [-0.2, 0) is 19.1 Å². The van der Waals surface area contributed by atoms with E-state index in [2.05, 4.69) is 9.47 Å². The molecule has 4 unspecified atom stereocenters. The van der Waals surface area contributed by atoms with Gasteiger partial charge in [-0.15, -0.1) is 0 Å². The van der Waals surface area contributed by atoms with Crippen LogP contribution in [0.1, 0.15) is 0 Å². The minimum absolute atomic E-state index is 0.108. The monoisotopic (exact) mass is 350 g/mol. The minimum atomic E-state index is -1.41. The number of ether oxygens (including phenoxy) is 2. The molecule has 0 saturated carbocycles. The lowest BCUT2D eigenvalue weighted by molar-refractivity contribution is -0.146. The number of rotatable bonds is 6. The number of hydrogen-bond acceptors (Lipinski definition) is 11. The van der Waals surface area contributed by atoms with Crippen LogP contribution in [0.2, 0.25) is 0 Å². The Morgan fingerprint density at radius 3 is 1.43 bits per heavy atom. The van der Waals surface area contributed by atoms with Crippen molar-refractivity contribution in [3.8, 4) is 0 Å². The number of esters is 2. The van der Waals surface area contributed by atoms with Gasteiger partial charge in [0.2, 0.25) is 11.5 Å². The Kier molecular flexibility index (Phi) is 4.92. The molecule has 0 radical (unpaired) electrons. The Labute approximate surface area is 133 Å². The summed E-state index contributed by atoms with van der Waals surface area (Å²) >= 11 is 0.939. The summed E-state index contributed by atoms with van der Waals surface area (Å²) in [4.78, 5) is 22.0. The van der Waals surface area contributed by atoms with Crippen molar-refractivity contribution in [2.75, 3.05) is 11.5 Å². The molecule has 23 heavy (non-hydrogen) atoms. The second kappa shape index (κ2) is 6.56. The van der Waals surface area contributed by atoms with Crippen molar-refractivity contribution in [1.82, 2.24) is 0 Å². The van der Waals surface area contributed by atoms with Crippen LogP contribution in [0.25, 0.3) is 0 Å². The topological polar surface area (TPSA) is 174 Å². The van der Waals surface area contributed by atoms with Crippen molar-refractivity contribution >= 4 is 23.7 Å². The Hall–Kier alpha value is -2.11. The van der Waals surface area contributed by atoms with Gasteiger partial charge in [-0.2, -0.15) is 11.8 Å². The Bertz CT molecular complexity index is 532. The molecule has 0 spiro atoms. The average molecular weight is 350 g/mol. The first-order chi connectivity index (χ1) is 10.7. The first kappa shape index (κ1) is 17.2. The predicted molar refractivity (Wildman–Crippen MR) is 73.7 cm³/mol. The highest BCUT2D eigenvalue weighted by Gasteiger charge is 2.41. The molecule has 128 valence electrons. The van der Waals surface area contributed by atoms with Crippen molar-refractivity contribution in [2.45, 2.75) is 24.4 Å². The van der Waals surface area contributed by atoms with Crippen molar-refractivity contribution in [1.29, 1.82) is 0 Å². The molecule has 6 N–H and O–H groups in total. The van der Waals surface area contributed by atoms with Gasteiger partial charge in [-0.3, -0.25) is 0 Å². The summed E-state index contributed by atoms with van der Waals surface area (Å²) in [6.45, 7) is 0. The number of aliphatic hydroxyl groups is 6. The maximum absolute atomic E-state index is 11.0. The van der Waals surface area contributed by atoms with E-state index in [1.165, 1.54) is 0 Å². The van der Waals surface area contributed by atoms with E-state index in [-0.39, 0.29) is 11.5 Å². The molecule has 2 aliphatic heterocycles. The smallest absolute Gasteiger partial charge is 0.377 e. The summed E-state index contributed by atoms with van der Waals surface area (Å²) in [5.41, 5.74) is 0. The van der Waals surface area contributed by atoms with Crippen molar-refractivity contribution in [2.24, 2.45) is 0 Å². The SMILES string of the molecule is O=C1OC(C(O)CSCC(O)C2OC(=O)C(O)=C2O)C(O)=C1O. The molecule has 0 aromatic rings. The van der Waals surface area contributed by atoms with Gasteiger partial charge in [0, 0.05) is 11.5 Å². The molecule has 2 aliphatic rings. The lowest BCUT2D eigenvalue weighted by Crippen LogP contribution is -2.33. The molecular weight excluding hydrogens is 336 g/mol. The fourth-order valence-corrected chi connectivity index (χ4v) is 2.91. The lowest BCUT2D eigenvalue weighted by atomic mass is 10.2. The van der Waals surface area contributed by atoms with E-state index in [9.17, 15) is 30.0 Å². The quantitative estimate of drug-likeness (QED) is 0.322. The van der Waals surface area contributed by atoms with Gasteiger partial charge < -0.3 is 40.1 Å². The van der Waals surface area contributed by atoms with Crippen LogP contribution in [0.3, 0.4) is 0 Å². The van der Waals surface area contributed by atoms with Gasteiger partial charge in [0.25, 0.3) is 0 Å². The molecule has 0 amide bonds. The first-order valence-corrected chi connectivity index (χ1v) is 7.49. The number of thioether (sulfide) groups is 1. The van der Waals surface area contributed by atoms with Crippen molar-refractivity contribution in [3.63, 3.8) is 0 Å². The third kappa shape index (κ3) is 3.30. The average Bonchev–Trinajstić information content (AvgIpc) is 2.92. The van der Waals surface area contributed by atoms with E-state index in [0.717, 1.165) is 11.8 Å². The van der Waals surface area contributed by atoms with Crippen LogP contribution in [0.4, 0.5) is 0 Å². The molecule has 0 aromatic carbocycles. The molecule has 0 aromatic heterocycles. The molecule has 2 heterocycles. The van der Waals surface area contributed by atoms with Gasteiger partial charge in [0.05, 0.1) is 0 Å². The van der Waals surface area contributed by atoms with Gasteiger partial charge >= 0.3 is 11.9 Å². The van der Waals surface area contributed by atoms with E-state index >= 15 is 0 Å². The fourth-order valence-electron chi connectivity index (χ4n) is 1.94. The molecule has 0 aliphatic carbocycles. The van der Waals surface area contributed by atoms with Crippen molar-refractivity contribution < 1.29 is 49.7 Å². The zero-order valence-corrected chi connectivity index (χ0v) is 12.3. The number of hydrogen-bond donors (Lipinski definition) is 6. The van der Waals surface area contributed by atoms with Gasteiger partial charge in [-0.05, 0) is 0 Å². The standard InChI is InChI=1S/C12H14O10S/c13-3(9-5(15)7(17)11(19)21-9)1-23-2-4(14)10-6(16)8(18)12(20)22-10/h3-4,9-10,13-18H,1-2H2. The van der Waals surface area contributed by atoms with Gasteiger partial charge in [-0.1, -0.05) is 0 Å². The molecule has 0 bridgehead atoms. The predicted octanol–water partition coefficient (Wildman–Crippen LogP) is -1.05. The third-order valence-electron chi connectivity index (χ3n) is 3.16. The van der Waals surface area contributed by atoms with E-state index < -0.39 is 59.4 Å². The van der Waals surface area contributed by atoms with Crippen molar-refractivity contribution in [3.05, 3.63) is 23.0 Å². The number of cyclic esters (lactones) is 2. The molecule has 2 rings (SSSR count). The van der Waals surface area contributed by atoms with E-state index in [4.69, 9.17) is 10.2 Å². The van der Waals surface area contributed by atoms with Crippen LogP contribution in [0, 0.1) is 0 Å². The lowest BCUT2D eigenvalue weighted by Gasteiger charge is -2.19. The zero-order chi connectivity index (χ0) is 17.3. The second-order valence-electron chi connectivity index (χ2n) is 4.79. The molecule has 10 nitrogen and oxygen atoms in total. The molecule has 0 saturated heterocycles. The summed E-state index contributed by atoms with van der Waals surface area (Å²) in [5.74, 6) is -6.02. The van der Waals surface area contributed by atoms with E-state index in [1.807, 2.05) is 0 Å². The zero-order valence-electron chi connectivity index (χ0n) is 11.4. The third-order valence-corrected chi connectivity index (χ3v) is 4.31. The number of carbonyl (C=O) groups is 2. The molecule has 0 fully saturated rings. The van der Waals surface area contributed by atoms with Gasteiger partial charge in [-0.25, -0.2) is 9.59 Å². The maximum atomic E-state index is 11.0. The summed E-state index contributed by atoms with van der Waals surface area (Å²) in [7, 11) is 0. The van der Waals surface area contributed by atoms with E-state index in [0.29, 0.717) is 0 Å². The largest absolute Gasteiger partial charge is 0.505 e. The summed E-state index contributed by atoms with van der Waals surface area (Å²) in [5, 5.41) is 56.7. The van der Waals surface area contributed by atoms with Crippen LogP contribution in [0.5, 0.6) is 0 Å². The van der Waals surface area contributed by atoms with E-state index in [1.54, 1.807) is 0 Å². The molecule has 4 atom stereocenters. The molecule has 11 heteroatoms. The van der Waals surface area contributed by atoms with Crippen LogP contribution < -0.4 is 0 Å². The summed E-state index contributed by atoms with van der Waals surface area (Å²) in [6, 6.07) is 0. The second-order valence-corrected chi connectivity index (χ2v) is 5.87. The minimum Gasteiger partial charge on any atom is -0.505 e. The maximum Gasteiger partial charge on any atom is 0.377 e. The molecular formula is C12H14O10S.